The summed E-state index contributed by atoms with van der Waals surface area (Å²) in [5.74, 6) is 0.762. The van der Waals surface area contributed by atoms with Gasteiger partial charge in [-0.2, -0.15) is 0 Å². The number of aromatic nitrogens is 2. The van der Waals surface area contributed by atoms with Gasteiger partial charge in [0.25, 0.3) is 0 Å². The number of nitrogens with zero attached hydrogens (tertiary/aromatic N) is 2. The van der Waals surface area contributed by atoms with E-state index in [2.05, 4.69) is 49.4 Å². The predicted octanol–water partition coefficient (Wildman–Crippen LogP) is 2.81. The Labute approximate surface area is 136 Å². The van der Waals surface area contributed by atoms with Gasteiger partial charge in [-0.15, -0.1) is 0 Å². The van der Waals surface area contributed by atoms with E-state index in [4.69, 9.17) is 11.5 Å². The molecule has 0 unspecified atom stereocenters. The van der Waals surface area contributed by atoms with Gasteiger partial charge in [0.2, 0.25) is 0 Å². The lowest BCUT2D eigenvalue weighted by atomic mass is 10.2. The van der Waals surface area contributed by atoms with Crippen molar-refractivity contribution in [1.82, 2.24) is 15.3 Å². The van der Waals surface area contributed by atoms with Crippen LogP contribution in [0.15, 0.2) is 38.8 Å². The quantitative estimate of drug-likeness (QED) is 0.705. The normalized spacial score (nSPS) is 14.3. The summed E-state index contributed by atoms with van der Waals surface area (Å²) in [5, 5.41) is 4.05. The summed E-state index contributed by atoms with van der Waals surface area (Å²) in [6.07, 6.45) is 2.59. The first-order chi connectivity index (χ1) is 10.1. The van der Waals surface area contributed by atoms with Crippen LogP contribution in [0.5, 0.6) is 0 Å². The number of nitrogen functional groups attached to an aromatic ring is 2. The highest BCUT2D eigenvalue weighted by atomic mass is 79.9. The summed E-state index contributed by atoms with van der Waals surface area (Å²) >= 11 is 5.04. The third-order valence-corrected chi connectivity index (χ3v) is 4.97. The minimum Gasteiger partial charge on any atom is -0.383 e. The van der Waals surface area contributed by atoms with E-state index in [1.54, 1.807) is 6.07 Å². The van der Waals surface area contributed by atoms with Gasteiger partial charge in [-0.3, -0.25) is 0 Å². The Balaban J connectivity index is 1.72. The zero-order chi connectivity index (χ0) is 14.8. The van der Waals surface area contributed by atoms with Gasteiger partial charge in [-0.05, 0) is 58.2 Å². The van der Waals surface area contributed by atoms with Crippen molar-refractivity contribution in [2.24, 2.45) is 0 Å². The molecule has 1 aliphatic carbocycles. The second kappa shape index (κ2) is 6.21. The number of hydrogen-bond acceptors (Lipinski definition) is 6. The summed E-state index contributed by atoms with van der Waals surface area (Å²) in [5.41, 5.74) is 12.6. The van der Waals surface area contributed by atoms with Crippen molar-refractivity contribution in [3.05, 3.63) is 34.3 Å². The van der Waals surface area contributed by atoms with Gasteiger partial charge in [0.15, 0.2) is 5.16 Å². The minimum absolute atomic E-state index is 0.381. The first kappa shape index (κ1) is 14.6. The molecule has 0 aliphatic heterocycles. The van der Waals surface area contributed by atoms with Gasteiger partial charge >= 0.3 is 0 Å². The average molecular weight is 366 g/mol. The van der Waals surface area contributed by atoms with E-state index in [9.17, 15) is 0 Å². The Morgan fingerprint density at radius 1 is 1.19 bits per heavy atom. The van der Waals surface area contributed by atoms with Gasteiger partial charge < -0.3 is 16.8 Å². The van der Waals surface area contributed by atoms with E-state index in [-0.39, 0.29) is 0 Å². The van der Waals surface area contributed by atoms with Crippen LogP contribution in [-0.2, 0) is 6.54 Å². The van der Waals surface area contributed by atoms with Crippen LogP contribution in [0.2, 0.25) is 0 Å². The number of halogens is 1. The fraction of sp³-hybridized carbons (Fsp3) is 0.286. The van der Waals surface area contributed by atoms with Crippen LogP contribution >= 0.6 is 27.7 Å². The summed E-state index contributed by atoms with van der Waals surface area (Å²) in [6, 6.07) is 8.54. The molecular formula is C14H16BrN5S. The lowest BCUT2D eigenvalue weighted by Gasteiger charge is -2.08. The molecule has 1 saturated carbocycles. The molecule has 1 heterocycles. The van der Waals surface area contributed by atoms with Gasteiger partial charge in [-0.1, -0.05) is 6.07 Å². The molecular weight excluding hydrogens is 350 g/mol. The molecule has 1 aromatic carbocycles. The molecule has 3 rings (SSSR count). The molecule has 0 bridgehead atoms. The molecule has 1 aliphatic rings. The van der Waals surface area contributed by atoms with E-state index < -0.39 is 0 Å². The zero-order valence-electron chi connectivity index (χ0n) is 11.3. The number of benzene rings is 1. The van der Waals surface area contributed by atoms with Crippen LogP contribution < -0.4 is 16.8 Å². The summed E-state index contributed by atoms with van der Waals surface area (Å²) < 4.78 is 1.02. The van der Waals surface area contributed by atoms with Gasteiger partial charge in [0.05, 0.1) is 0 Å². The van der Waals surface area contributed by atoms with Gasteiger partial charge in [0.1, 0.15) is 11.6 Å². The van der Waals surface area contributed by atoms with Crippen LogP contribution in [0.4, 0.5) is 11.6 Å². The Bertz CT molecular complexity index is 640. The number of hydrogen-bond donors (Lipinski definition) is 3. The fourth-order valence-electron chi connectivity index (χ4n) is 1.89. The van der Waals surface area contributed by atoms with Crippen LogP contribution in [0, 0.1) is 0 Å². The Hall–Kier alpha value is -1.31. The number of nitrogens with two attached hydrogens (primary N) is 2. The fourth-order valence-corrected chi connectivity index (χ4v) is 3.35. The minimum atomic E-state index is 0.381. The van der Waals surface area contributed by atoms with Crippen molar-refractivity contribution < 1.29 is 0 Å². The van der Waals surface area contributed by atoms with Crippen LogP contribution in [0.1, 0.15) is 18.4 Å². The topological polar surface area (TPSA) is 89.9 Å². The predicted molar refractivity (Wildman–Crippen MR) is 89.0 cm³/mol. The standard InChI is InChI=1S/C14H16BrN5S/c15-10-5-8(7-18-9-2-3-9)1-4-11(10)21-14-19-12(16)6-13(17)20-14/h1,4-6,9,18H,2-3,7H2,(H4,16,17,19,20). The Morgan fingerprint density at radius 2 is 1.90 bits per heavy atom. The van der Waals surface area contributed by atoms with Crippen LogP contribution in [0.25, 0.3) is 0 Å². The van der Waals surface area contributed by atoms with Crippen molar-refractivity contribution in [1.29, 1.82) is 0 Å². The highest BCUT2D eigenvalue weighted by molar-refractivity contribution is 9.10. The molecule has 1 fully saturated rings. The smallest absolute Gasteiger partial charge is 0.196 e. The molecule has 5 N–H and O–H groups in total. The maximum absolute atomic E-state index is 5.68. The van der Waals surface area contributed by atoms with Crippen molar-refractivity contribution in [2.45, 2.75) is 35.5 Å². The Morgan fingerprint density at radius 3 is 2.52 bits per heavy atom. The number of anilines is 2. The molecule has 5 nitrogen and oxygen atoms in total. The van der Waals surface area contributed by atoms with E-state index in [0.29, 0.717) is 22.8 Å². The molecule has 0 radical (unpaired) electrons. The zero-order valence-corrected chi connectivity index (χ0v) is 13.7. The molecule has 110 valence electrons. The van der Waals surface area contributed by atoms with E-state index in [1.807, 2.05) is 0 Å². The molecule has 0 spiro atoms. The molecule has 7 heteroatoms. The summed E-state index contributed by atoms with van der Waals surface area (Å²) in [7, 11) is 0. The molecule has 0 amide bonds. The van der Waals surface area contributed by atoms with E-state index >= 15 is 0 Å². The number of nitrogens with one attached hydrogen (secondary N) is 1. The average Bonchev–Trinajstić information content (AvgIpc) is 3.22. The molecule has 1 aromatic heterocycles. The summed E-state index contributed by atoms with van der Waals surface area (Å²) in [4.78, 5) is 9.39. The first-order valence-corrected chi connectivity index (χ1v) is 8.31. The lowest BCUT2D eigenvalue weighted by molar-refractivity contribution is 0.687. The van der Waals surface area contributed by atoms with Crippen molar-refractivity contribution in [3.63, 3.8) is 0 Å². The van der Waals surface area contributed by atoms with Crippen LogP contribution in [-0.4, -0.2) is 16.0 Å². The second-order valence-electron chi connectivity index (χ2n) is 5.02. The van der Waals surface area contributed by atoms with Gasteiger partial charge in [-0.25, -0.2) is 9.97 Å². The van der Waals surface area contributed by atoms with Crippen LogP contribution in [0.3, 0.4) is 0 Å². The third-order valence-electron chi connectivity index (χ3n) is 3.11. The second-order valence-corrected chi connectivity index (χ2v) is 6.89. The molecule has 2 aromatic rings. The first-order valence-electron chi connectivity index (χ1n) is 6.70. The molecule has 21 heavy (non-hydrogen) atoms. The highest BCUT2D eigenvalue weighted by Gasteiger charge is 2.20. The molecule has 0 atom stereocenters. The Kier molecular flexibility index (Phi) is 4.32. The summed E-state index contributed by atoms with van der Waals surface area (Å²) in [6.45, 7) is 0.899. The third kappa shape index (κ3) is 4.09. The highest BCUT2D eigenvalue weighted by Crippen LogP contribution is 2.33. The van der Waals surface area contributed by atoms with Crippen molar-refractivity contribution in [2.75, 3.05) is 11.5 Å². The van der Waals surface area contributed by atoms with E-state index in [0.717, 1.165) is 15.9 Å². The monoisotopic (exact) mass is 365 g/mol. The molecule has 0 saturated heterocycles. The largest absolute Gasteiger partial charge is 0.383 e. The maximum atomic E-state index is 5.68. The number of rotatable bonds is 5. The van der Waals surface area contributed by atoms with Gasteiger partial charge in [0, 0.05) is 28.0 Å². The van der Waals surface area contributed by atoms with Crippen molar-refractivity contribution in [3.8, 4) is 0 Å². The maximum Gasteiger partial charge on any atom is 0.196 e. The van der Waals surface area contributed by atoms with E-state index in [1.165, 1.54) is 30.2 Å². The lowest BCUT2D eigenvalue weighted by Crippen LogP contribution is -2.15. The van der Waals surface area contributed by atoms with Crippen molar-refractivity contribution >= 4 is 39.3 Å². The SMILES string of the molecule is Nc1cc(N)nc(Sc2ccc(CNC3CC3)cc2Br)n1.